The van der Waals surface area contributed by atoms with Crippen molar-refractivity contribution in [2.75, 3.05) is 13.2 Å². The van der Waals surface area contributed by atoms with E-state index in [1.807, 2.05) is 0 Å². The molecule has 0 bridgehead atoms. The molecule has 0 aliphatic rings. The van der Waals surface area contributed by atoms with Crippen molar-refractivity contribution in [2.24, 2.45) is 5.73 Å². The molecule has 0 spiro atoms. The van der Waals surface area contributed by atoms with Crippen molar-refractivity contribution in [3.8, 4) is 0 Å². The Hall–Kier alpha value is -0.770. The lowest BCUT2D eigenvalue weighted by molar-refractivity contribution is 0.248. The molecule has 4 N–H and O–H groups in total. The number of carbonyl (C=O) groups excluding carboxylic acids is 1. The van der Waals surface area contributed by atoms with E-state index < -0.39 is 6.03 Å². The summed E-state index contributed by atoms with van der Waals surface area (Å²) in [6.07, 6.45) is 2.60. The molecule has 0 aromatic rings. The molecule has 0 saturated carbocycles. The van der Waals surface area contributed by atoms with Crippen LogP contribution in [0.3, 0.4) is 0 Å². The van der Waals surface area contributed by atoms with Crippen LogP contribution in [0.15, 0.2) is 0 Å². The Labute approximate surface area is 60.4 Å². The normalized spacial score (nSPS) is 9.30. The van der Waals surface area contributed by atoms with Crippen LogP contribution in [0.4, 0.5) is 4.79 Å². The van der Waals surface area contributed by atoms with Crippen molar-refractivity contribution in [1.82, 2.24) is 5.32 Å². The first-order chi connectivity index (χ1) is 4.77. The molecule has 10 heavy (non-hydrogen) atoms. The third-order valence-electron chi connectivity index (χ3n) is 1.13. The summed E-state index contributed by atoms with van der Waals surface area (Å²) in [6.45, 7) is 0.825. The van der Waals surface area contributed by atoms with Gasteiger partial charge in [-0.1, -0.05) is 0 Å². The number of amides is 2. The lowest BCUT2D eigenvalue weighted by Gasteiger charge is -1.99. The van der Waals surface area contributed by atoms with Crippen molar-refractivity contribution in [1.29, 1.82) is 0 Å². The number of primary amides is 1. The first kappa shape index (κ1) is 9.23. The van der Waals surface area contributed by atoms with Gasteiger partial charge in [0.2, 0.25) is 0 Å². The van der Waals surface area contributed by atoms with Crippen LogP contribution >= 0.6 is 0 Å². The van der Waals surface area contributed by atoms with Gasteiger partial charge in [-0.15, -0.1) is 0 Å². The number of rotatable bonds is 5. The van der Waals surface area contributed by atoms with E-state index in [-0.39, 0.29) is 6.61 Å². The van der Waals surface area contributed by atoms with E-state index in [4.69, 9.17) is 10.8 Å². The summed E-state index contributed by atoms with van der Waals surface area (Å²) in [5.74, 6) is 0. The number of unbranched alkanes of at least 4 members (excludes halogenated alkanes) is 2. The molecule has 0 aliphatic heterocycles. The number of hydrogen-bond acceptors (Lipinski definition) is 2. The largest absolute Gasteiger partial charge is 0.396 e. The van der Waals surface area contributed by atoms with E-state index in [0.29, 0.717) is 6.54 Å². The molecule has 2 amide bonds. The lowest BCUT2D eigenvalue weighted by Crippen LogP contribution is -2.29. The summed E-state index contributed by atoms with van der Waals surface area (Å²) in [7, 11) is 0. The fourth-order valence-corrected chi connectivity index (χ4v) is 0.625. The quantitative estimate of drug-likeness (QED) is 0.470. The second-order valence-corrected chi connectivity index (χ2v) is 2.08. The molecule has 0 fully saturated rings. The van der Waals surface area contributed by atoms with Gasteiger partial charge in [-0.05, 0) is 19.3 Å². The third-order valence-corrected chi connectivity index (χ3v) is 1.13. The number of carbonyl (C=O) groups is 1. The van der Waals surface area contributed by atoms with Gasteiger partial charge in [0.05, 0.1) is 0 Å². The van der Waals surface area contributed by atoms with Gasteiger partial charge >= 0.3 is 6.03 Å². The molecule has 60 valence electrons. The van der Waals surface area contributed by atoms with Crippen LogP contribution in [0, 0.1) is 0 Å². The summed E-state index contributed by atoms with van der Waals surface area (Å²) < 4.78 is 0. The van der Waals surface area contributed by atoms with Crippen molar-refractivity contribution >= 4 is 6.03 Å². The Morgan fingerprint density at radius 2 is 2.10 bits per heavy atom. The second kappa shape index (κ2) is 6.35. The van der Waals surface area contributed by atoms with E-state index in [1.54, 1.807) is 0 Å². The van der Waals surface area contributed by atoms with E-state index in [2.05, 4.69) is 5.32 Å². The molecule has 4 nitrogen and oxygen atoms in total. The summed E-state index contributed by atoms with van der Waals surface area (Å²) in [6, 6.07) is -0.482. The van der Waals surface area contributed by atoms with Crippen LogP contribution in [0.2, 0.25) is 0 Å². The van der Waals surface area contributed by atoms with Crippen LogP contribution in [0.5, 0.6) is 0 Å². The van der Waals surface area contributed by atoms with Crippen LogP contribution in [-0.4, -0.2) is 24.3 Å². The van der Waals surface area contributed by atoms with Gasteiger partial charge < -0.3 is 16.2 Å². The van der Waals surface area contributed by atoms with Gasteiger partial charge in [0.25, 0.3) is 0 Å². The van der Waals surface area contributed by atoms with Crippen molar-refractivity contribution < 1.29 is 9.90 Å². The first-order valence-corrected chi connectivity index (χ1v) is 3.41. The highest BCUT2D eigenvalue weighted by molar-refractivity contribution is 5.71. The van der Waals surface area contributed by atoms with Gasteiger partial charge in [0.15, 0.2) is 0 Å². The van der Waals surface area contributed by atoms with E-state index in [0.717, 1.165) is 19.3 Å². The Morgan fingerprint density at radius 1 is 1.40 bits per heavy atom. The minimum absolute atomic E-state index is 0.219. The molecule has 0 heterocycles. The molecular formula is C6H14N2O2. The van der Waals surface area contributed by atoms with Crippen molar-refractivity contribution in [3.63, 3.8) is 0 Å². The summed E-state index contributed by atoms with van der Waals surface area (Å²) in [5.41, 5.74) is 4.81. The van der Waals surface area contributed by atoms with E-state index in [1.165, 1.54) is 0 Å². The molecular weight excluding hydrogens is 132 g/mol. The fourth-order valence-electron chi connectivity index (χ4n) is 0.625. The van der Waals surface area contributed by atoms with Crippen molar-refractivity contribution in [2.45, 2.75) is 19.3 Å². The Kier molecular flexibility index (Phi) is 5.86. The number of hydrogen-bond donors (Lipinski definition) is 3. The maximum atomic E-state index is 10.1. The second-order valence-electron chi connectivity index (χ2n) is 2.08. The lowest BCUT2D eigenvalue weighted by atomic mass is 10.2. The van der Waals surface area contributed by atoms with Gasteiger partial charge in [-0.2, -0.15) is 0 Å². The molecule has 0 rings (SSSR count). The standard InChI is InChI=1S/C6H14N2O2/c7-6(10)8-4-2-1-3-5-9/h9H,1-5H2,(H3,7,8,10). The minimum atomic E-state index is -0.482. The van der Waals surface area contributed by atoms with Gasteiger partial charge in [-0.3, -0.25) is 0 Å². The fraction of sp³-hybridized carbons (Fsp3) is 0.833. The Morgan fingerprint density at radius 3 is 2.60 bits per heavy atom. The first-order valence-electron chi connectivity index (χ1n) is 3.41. The predicted molar refractivity (Wildman–Crippen MR) is 38.5 cm³/mol. The molecule has 0 aliphatic carbocycles. The van der Waals surface area contributed by atoms with Crippen LogP contribution in [-0.2, 0) is 0 Å². The maximum absolute atomic E-state index is 10.1. The highest BCUT2D eigenvalue weighted by Crippen LogP contribution is 1.90. The monoisotopic (exact) mass is 146 g/mol. The topological polar surface area (TPSA) is 75.4 Å². The summed E-state index contributed by atoms with van der Waals surface area (Å²) in [5, 5.41) is 10.8. The van der Waals surface area contributed by atoms with Crippen LogP contribution < -0.4 is 11.1 Å². The molecule has 0 atom stereocenters. The van der Waals surface area contributed by atoms with Gasteiger partial charge in [0.1, 0.15) is 0 Å². The SMILES string of the molecule is NC(=O)NCCCCCO. The average molecular weight is 146 g/mol. The zero-order valence-electron chi connectivity index (χ0n) is 5.97. The summed E-state index contributed by atoms with van der Waals surface area (Å²) >= 11 is 0. The molecule has 0 aromatic heterocycles. The van der Waals surface area contributed by atoms with E-state index in [9.17, 15) is 4.79 Å². The van der Waals surface area contributed by atoms with Crippen LogP contribution in [0.1, 0.15) is 19.3 Å². The predicted octanol–water partition coefficient (Wildman–Crippen LogP) is -0.183. The van der Waals surface area contributed by atoms with Crippen molar-refractivity contribution in [3.05, 3.63) is 0 Å². The third kappa shape index (κ3) is 7.23. The maximum Gasteiger partial charge on any atom is 0.312 e. The molecule has 0 aromatic carbocycles. The molecule has 0 unspecified atom stereocenters. The smallest absolute Gasteiger partial charge is 0.312 e. The highest BCUT2D eigenvalue weighted by atomic mass is 16.2. The molecule has 0 saturated heterocycles. The van der Waals surface area contributed by atoms with Gasteiger partial charge in [0, 0.05) is 13.2 Å². The molecule has 0 radical (unpaired) electrons. The number of aliphatic hydroxyl groups excluding tert-OH is 1. The average Bonchev–Trinajstić information content (AvgIpc) is 1.87. The Balaban J connectivity index is 2.84. The van der Waals surface area contributed by atoms with E-state index >= 15 is 0 Å². The molecule has 4 heteroatoms. The Bertz CT molecular complexity index is 95.7. The van der Waals surface area contributed by atoms with Gasteiger partial charge in [-0.25, -0.2) is 4.79 Å². The van der Waals surface area contributed by atoms with Crippen LogP contribution in [0.25, 0.3) is 0 Å². The number of nitrogens with two attached hydrogens (primary N) is 1. The number of aliphatic hydroxyl groups is 1. The zero-order valence-corrected chi connectivity index (χ0v) is 5.97. The summed E-state index contributed by atoms with van der Waals surface area (Å²) in [4.78, 5) is 10.1. The number of urea groups is 1. The highest BCUT2D eigenvalue weighted by Gasteiger charge is 1.90. The number of nitrogens with one attached hydrogen (secondary N) is 1. The minimum Gasteiger partial charge on any atom is -0.396 e. The zero-order chi connectivity index (χ0) is 7.82.